The maximum atomic E-state index is 10.8. The SMILES string of the molecule is CCCn1nc(-c2ccc(C)cc2)c(O)c1-c1ccc(C)cc1. The zero-order valence-corrected chi connectivity index (χ0v) is 13.9. The fourth-order valence-electron chi connectivity index (χ4n) is 2.73. The topological polar surface area (TPSA) is 38.0 Å². The molecule has 0 amide bonds. The number of aromatic nitrogens is 2. The van der Waals surface area contributed by atoms with E-state index in [2.05, 4.69) is 38.0 Å². The standard InChI is InChI=1S/C20H22N2O/c1-4-13-22-19(17-11-7-15(3)8-12-17)20(23)18(21-22)16-9-5-14(2)6-10-16/h5-12,23H,4,13H2,1-3H3. The molecule has 0 bridgehead atoms. The molecule has 1 heterocycles. The first-order valence-electron chi connectivity index (χ1n) is 8.04. The van der Waals surface area contributed by atoms with Crippen LogP contribution in [0.15, 0.2) is 48.5 Å². The van der Waals surface area contributed by atoms with Gasteiger partial charge in [-0.25, -0.2) is 0 Å². The van der Waals surface area contributed by atoms with Crippen molar-refractivity contribution in [2.75, 3.05) is 0 Å². The monoisotopic (exact) mass is 306 g/mol. The summed E-state index contributed by atoms with van der Waals surface area (Å²) in [5.74, 6) is 0.256. The highest BCUT2D eigenvalue weighted by molar-refractivity contribution is 5.78. The van der Waals surface area contributed by atoms with Crippen LogP contribution in [-0.4, -0.2) is 14.9 Å². The summed E-state index contributed by atoms with van der Waals surface area (Å²) in [6.45, 7) is 7.01. The number of hydrogen-bond donors (Lipinski definition) is 1. The van der Waals surface area contributed by atoms with Gasteiger partial charge in [0.05, 0.1) is 0 Å². The van der Waals surface area contributed by atoms with Gasteiger partial charge in [0.2, 0.25) is 0 Å². The summed E-state index contributed by atoms with van der Waals surface area (Å²) in [5.41, 5.74) is 5.77. The third-order valence-electron chi connectivity index (χ3n) is 4.01. The van der Waals surface area contributed by atoms with E-state index < -0.39 is 0 Å². The Morgan fingerprint density at radius 2 is 1.39 bits per heavy atom. The van der Waals surface area contributed by atoms with Gasteiger partial charge in [-0.2, -0.15) is 5.10 Å². The molecule has 23 heavy (non-hydrogen) atoms. The molecular formula is C20H22N2O. The second kappa shape index (κ2) is 6.29. The van der Waals surface area contributed by atoms with Crippen LogP contribution in [0.5, 0.6) is 5.75 Å². The van der Waals surface area contributed by atoms with E-state index in [1.807, 2.05) is 41.1 Å². The van der Waals surface area contributed by atoms with Crippen molar-refractivity contribution in [1.82, 2.24) is 9.78 Å². The molecule has 3 heteroatoms. The first-order chi connectivity index (χ1) is 11.1. The van der Waals surface area contributed by atoms with E-state index >= 15 is 0 Å². The predicted molar refractivity (Wildman–Crippen MR) is 94.5 cm³/mol. The van der Waals surface area contributed by atoms with Gasteiger partial charge in [0.15, 0.2) is 5.75 Å². The van der Waals surface area contributed by atoms with Gasteiger partial charge in [0.1, 0.15) is 11.4 Å². The zero-order valence-electron chi connectivity index (χ0n) is 13.9. The second-order valence-corrected chi connectivity index (χ2v) is 6.00. The Morgan fingerprint density at radius 3 is 1.91 bits per heavy atom. The van der Waals surface area contributed by atoms with Crippen LogP contribution in [0.2, 0.25) is 0 Å². The van der Waals surface area contributed by atoms with Crippen molar-refractivity contribution in [3.8, 4) is 28.3 Å². The number of nitrogens with zero attached hydrogens (tertiary/aromatic N) is 2. The summed E-state index contributed by atoms with van der Waals surface area (Å²) in [4.78, 5) is 0. The van der Waals surface area contributed by atoms with Crippen LogP contribution >= 0.6 is 0 Å². The van der Waals surface area contributed by atoms with E-state index in [1.165, 1.54) is 11.1 Å². The molecule has 0 saturated heterocycles. The number of benzene rings is 2. The molecule has 0 radical (unpaired) electrons. The molecule has 0 aliphatic carbocycles. The fraction of sp³-hybridized carbons (Fsp3) is 0.250. The third-order valence-corrected chi connectivity index (χ3v) is 4.01. The highest BCUT2D eigenvalue weighted by atomic mass is 16.3. The number of rotatable bonds is 4. The average Bonchev–Trinajstić information content (AvgIpc) is 2.86. The fourth-order valence-corrected chi connectivity index (χ4v) is 2.73. The van der Waals surface area contributed by atoms with Crippen molar-refractivity contribution in [3.05, 3.63) is 59.7 Å². The predicted octanol–water partition coefficient (Wildman–Crippen LogP) is 4.95. The van der Waals surface area contributed by atoms with E-state index in [4.69, 9.17) is 0 Å². The Kier molecular flexibility index (Phi) is 4.20. The number of aryl methyl sites for hydroxylation is 3. The molecule has 0 atom stereocenters. The summed E-state index contributed by atoms with van der Waals surface area (Å²) >= 11 is 0. The van der Waals surface area contributed by atoms with Gasteiger partial charge in [0, 0.05) is 17.7 Å². The van der Waals surface area contributed by atoms with Gasteiger partial charge in [-0.05, 0) is 20.3 Å². The van der Waals surface area contributed by atoms with Gasteiger partial charge in [-0.1, -0.05) is 66.6 Å². The van der Waals surface area contributed by atoms with Crippen LogP contribution in [0.4, 0.5) is 0 Å². The molecule has 0 spiro atoms. The van der Waals surface area contributed by atoms with Crippen LogP contribution in [0.3, 0.4) is 0 Å². The zero-order chi connectivity index (χ0) is 16.4. The molecular weight excluding hydrogens is 284 g/mol. The molecule has 3 nitrogen and oxygen atoms in total. The minimum absolute atomic E-state index is 0.256. The van der Waals surface area contributed by atoms with E-state index in [-0.39, 0.29) is 5.75 Å². The van der Waals surface area contributed by atoms with Crippen molar-refractivity contribution >= 4 is 0 Å². The summed E-state index contributed by atoms with van der Waals surface area (Å²) < 4.78 is 1.91. The highest BCUT2D eigenvalue weighted by Gasteiger charge is 2.19. The summed E-state index contributed by atoms with van der Waals surface area (Å²) in [7, 11) is 0. The number of aromatic hydroxyl groups is 1. The van der Waals surface area contributed by atoms with Crippen molar-refractivity contribution in [3.63, 3.8) is 0 Å². The van der Waals surface area contributed by atoms with Crippen molar-refractivity contribution < 1.29 is 5.11 Å². The Hall–Kier alpha value is -2.55. The highest BCUT2D eigenvalue weighted by Crippen LogP contribution is 2.38. The lowest BCUT2D eigenvalue weighted by Gasteiger charge is -2.06. The second-order valence-electron chi connectivity index (χ2n) is 6.00. The summed E-state index contributed by atoms with van der Waals surface area (Å²) in [6.07, 6.45) is 0.966. The molecule has 2 aromatic carbocycles. The minimum Gasteiger partial charge on any atom is -0.504 e. The molecule has 118 valence electrons. The lowest BCUT2D eigenvalue weighted by atomic mass is 10.1. The Bertz CT molecular complexity index is 799. The van der Waals surface area contributed by atoms with Crippen molar-refractivity contribution in [1.29, 1.82) is 0 Å². The first-order valence-corrected chi connectivity index (χ1v) is 8.04. The maximum Gasteiger partial charge on any atom is 0.169 e. The molecule has 0 aliphatic rings. The van der Waals surface area contributed by atoms with Crippen LogP contribution in [0.25, 0.3) is 22.5 Å². The largest absolute Gasteiger partial charge is 0.504 e. The van der Waals surface area contributed by atoms with Crippen LogP contribution in [-0.2, 0) is 6.54 Å². The molecule has 0 aliphatic heterocycles. The van der Waals surface area contributed by atoms with Gasteiger partial charge in [-0.3, -0.25) is 4.68 Å². The van der Waals surface area contributed by atoms with Gasteiger partial charge in [0.25, 0.3) is 0 Å². The van der Waals surface area contributed by atoms with Crippen LogP contribution < -0.4 is 0 Å². The van der Waals surface area contributed by atoms with E-state index in [9.17, 15) is 5.11 Å². The van der Waals surface area contributed by atoms with Crippen LogP contribution in [0.1, 0.15) is 24.5 Å². The van der Waals surface area contributed by atoms with E-state index in [0.717, 1.165) is 29.8 Å². The molecule has 3 aromatic rings. The van der Waals surface area contributed by atoms with E-state index in [0.29, 0.717) is 5.69 Å². The molecule has 0 fully saturated rings. The normalized spacial score (nSPS) is 10.9. The summed E-state index contributed by atoms with van der Waals surface area (Å²) in [5, 5.41) is 15.5. The minimum atomic E-state index is 0.256. The summed E-state index contributed by atoms with van der Waals surface area (Å²) in [6, 6.07) is 16.3. The number of hydrogen-bond acceptors (Lipinski definition) is 2. The van der Waals surface area contributed by atoms with Crippen LogP contribution in [0, 0.1) is 13.8 Å². The Balaban J connectivity index is 2.14. The Morgan fingerprint density at radius 1 is 0.870 bits per heavy atom. The van der Waals surface area contributed by atoms with Gasteiger partial charge in [-0.15, -0.1) is 0 Å². The third kappa shape index (κ3) is 3.00. The van der Waals surface area contributed by atoms with Crippen molar-refractivity contribution in [2.24, 2.45) is 0 Å². The van der Waals surface area contributed by atoms with Gasteiger partial charge < -0.3 is 5.11 Å². The molecule has 0 unspecified atom stereocenters. The maximum absolute atomic E-state index is 10.8. The lowest BCUT2D eigenvalue weighted by Crippen LogP contribution is -2.01. The Labute approximate surface area is 137 Å². The molecule has 1 N–H and O–H groups in total. The first kappa shape index (κ1) is 15.3. The van der Waals surface area contributed by atoms with Gasteiger partial charge >= 0.3 is 0 Å². The van der Waals surface area contributed by atoms with E-state index in [1.54, 1.807) is 0 Å². The quantitative estimate of drug-likeness (QED) is 0.740. The smallest absolute Gasteiger partial charge is 0.169 e. The molecule has 3 rings (SSSR count). The molecule has 1 aromatic heterocycles. The molecule has 0 saturated carbocycles. The lowest BCUT2D eigenvalue weighted by molar-refractivity contribution is 0.477. The van der Waals surface area contributed by atoms with Crippen molar-refractivity contribution in [2.45, 2.75) is 33.7 Å². The average molecular weight is 306 g/mol.